The molecule has 4 aromatic heterocycles. The Morgan fingerprint density at radius 1 is 0.579 bits per heavy atom. The number of fused-ring (bicyclic) bond motifs is 1. The molecular formula is C50H48Cl3N9O14. The molecule has 7 rings (SSSR count). The van der Waals surface area contributed by atoms with Crippen LogP contribution < -0.4 is 20.9 Å². The SMILES string of the molecule is CCOC(=O)CC(=O)N(OCc1ccccc1)c1ncnc(Cl)c1C(=O)OCC.CCOC(=O)c1c(Cl)ncnc1NOCc1ccccc1.CCOC(=O)c1c(O)c2c(Cl)ncnc2n(OCc2ccccc2)c1=O. The molecule has 1 amide bonds. The third-order valence-corrected chi connectivity index (χ3v) is 10.4. The number of hydrogen-bond donors (Lipinski definition) is 2. The number of rotatable bonds is 20. The van der Waals surface area contributed by atoms with E-state index >= 15 is 0 Å². The molecule has 2 N–H and O–H groups in total. The zero-order valence-corrected chi connectivity index (χ0v) is 43.3. The number of hydrogen-bond acceptors (Lipinski definition) is 21. The molecule has 26 heteroatoms. The summed E-state index contributed by atoms with van der Waals surface area (Å²) in [5, 5.41) is 10.7. The molecule has 23 nitrogen and oxygen atoms in total. The molecule has 0 unspecified atom stereocenters. The first kappa shape index (κ1) is 58.5. The standard InChI is InChI=1S/C19H20ClN3O6.C17H14ClN3O5.C14H14ClN3O3/c1-3-27-15(25)10-14(24)23(29-11-13-8-6-5-7-9-13)18-16(19(26)28-4-2)17(20)21-12-22-18;1-2-25-17(24)12-13(22)11-14(18)19-9-20-15(11)21(16(12)23)26-8-10-6-4-3-5-7-10;1-2-20-14(19)11-12(15)16-9-17-13(11)18-21-8-10-6-4-3-5-7-10/h5-9,12H,3-4,10-11H2,1-2H3;3-7,9,22H,2,8H2,1H3;3-7,9H,2,8H2,1H3,(H,16,17,18). The Morgan fingerprint density at radius 2 is 1.05 bits per heavy atom. The van der Waals surface area contributed by atoms with Gasteiger partial charge in [-0.15, -0.1) is 4.73 Å². The van der Waals surface area contributed by atoms with Crippen molar-refractivity contribution in [1.82, 2.24) is 34.6 Å². The molecule has 0 saturated heterocycles. The fourth-order valence-electron chi connectivity index (χ4n) is 6.21. The van der Waals surface area contributed by atoms with Gasteiger partial charge in [0, 0.05) is 0 Å². The number of carbonyl (C=O) groups excluding carboxylic acids is 5. The first-order chi connectivity index (χ1) is 36.7. The van der Waals surface area contributed by atoms with E-state index in [0.29, 0.717) is 6.61 Å². The molecule has 0 spiro atoms. The average Bonchev–Trinajstić information content (AvgIpc) is 3.42. The van der Waals surface area contributed by atoms with Gasteiger partial charge in [-0.05, 0) is 44.4 Å². The first-order valence-corrected chi connectivity index (χ1v) is 23.9. The van der Waals surface area contributed by atoms with Crippen molar-refractivity contribution in [2.45, 2.75) is 53.9 Å². The summed E-state index contributed by atoms with van der Waals surface area (Å²) in [6.07, 6.45) is 2.80. The van der Waals surface area contributed by atoms with Crippen LogP contribution in [-0.2, 0) is 58.0 Å². The monoisotopic (exact) mass is 1100 g/mol. The van der Waals surface area contributed by atoms with Crippen LogP contribution in [0.15, 0.2) is 115 Å². The van der Waals surface area contributed by atoms with Gasteiger partial charge in [-0.2, -0.15) is 5.06 Å². The fourth-order valence-corrected chi connectivity index (χ4v) is 6.84. The average molecular weight is 1110 g/mol. The number of ether oxygens (including phenoxy) is 4. The maximum Gasteiger partial charge on any atom is 0.347 e. The number of pyridine rings is 1. The van der Waals surface area contributed by atoms with Gasteiger partial charge in [-0.25, -0.2) is 49.8 Å². The van der Waals surface area contributed by atoms with Crippen LogP contribution in [0.5, 0.6) is 5.75 Å². The van der Waals surface area contributed by atoms with Gasteiger partial charge >= 0.3 is 29.4 Å². The lowest BCUT2D eigenvalue weighted by Gasteiger charge is -2.22. The van der Waals surface area contributed by atoms with E-state index in [0.717, 1.165) is 39.1 Å². The highest BCUT2D eigenvalue weighted by Gasteiger charge is 2.31. The molecule has 0 aliphatic rings. The number of aromatic nitrogens is 7. The van der Waals surface area contributed by atoms with Crippen molar-refractivity contribution in [3.05, 3.63) is 169 Å². The molecule has 0 radical (unpaired) electrons. The van der Waals surface area contributed by atoms with Crippen LogP contribution >= 0.6 is 34.8 Å². The molecule has 3 aromatic carbocycles. The van der Waals surface area contributed by atoms with Gasteiger partial charge in [0.05, 0.1) is 33.0 Å². The van der Waals surface area contributed by atoms with Crippen LogP contribution in [0.25, 0.3) is 11.0 Å². The molecule has 0 atom stereocenters. The Morgan fingerprint density at radius 3 is 1.62 bits per heavy atom. The van der Waals surface area contributed by atoms with Crippen molar-refractivity contribution in [2.75, 3.05) is 37.0 Å². The maximum atomic E-state index is 12.7. The number of benzene rings is 3. The van der Waals surface area contributed by atoms with Gasteiger partial charge in [0.2, 0.25) is 0 Å². The second kappa shape index (κ2) is 30.1. The van der Waals surface area contributed by atoms with E-state index < -0.39 is 53.1 Å². The van der Waals surface area contributed by atoms with Crippen LogP contribution in [-0.4, -0.2) is 96.0 Å². The van der Waals surface area contributed by atoms with Crippen molar-refractivity contribution in [2.24, 2.45) is 0 Å². The Bertz CT molecular complexity index is 3150. The Hall–Kier alpha value is -8.35. The third kappa shape index (κ3) is 16.3. The van der Waals surface area contributed by atoms with Gasteiger partial charge < -0.3 is 28.9 Å². The second-order valence-electron chi connectivity index (χ2n) is 14.7. The normalized spacial score (nSPS) is 10.4. The molecule has 4 heterocycles. The Balaban J connectivity index is 0.000000213. The molecule has 7 aromatic rings. The highest BCUT2D eigenvalue weighted by atomic mass is 35.5. The lowest BCUT2D eigenvalue weighted by Crippen LogP contribution is -2.35. The number of hydroxylamine groups is 1. The number of carbonyl (C=O) groups is 5. The van der Waals surface area contributed by atoms with E-state index in [4.69, 9.17) is 68.3 Å². The van der Waals surface area contributed by atoms with Gasteiger partial charge in [-0.1, -0.05) is 126 Å². The second-order valence-corrected chi connectivity index (χ2v) is 15.7. The minimum atomic E-state index is -0.992. The van der Waals surface area contributed by atoms with Crippen LogP contribution in [0.1, 0.15) is 81.9 Å². The number of amides is 1. The highest BCUT2D eigenvalue weighted by molar-refractivity contribution is 6.35. The summed E-state index contributed by atoms with van der Waals surface area (Å²) in [6.45, 7) is 7.28. The van der Waals surface area contributed by atoms with Crippen molar-refractivity contribution in [3.8, 4) is 5.75 Å². The van der Waals surface area contributed by atoms with E-state index in [1.54, 1.807) is 52.0 Å². The number of halogens is 3. The largest absolute Gasteiger partial charge is 0.506 e. The van der Waals surface area contributed by atoms with Crippen LogP contribution in [0, 0.1) is 0 Å². The van der Waals surface area contributed by atoms with Crippen LogP contribution in [0.3, 0.4) is 0 Å². The van der Waals surface area contributed by atoms with Crippen LogP contribution in [0.2, 0.25) is 15.5 Å². The molecule has 0 aliphatic heterocycles. The van der Waals surface area contributed by atoms with Gasteiger partial charge in [0.1, 0.15) is 76.3 Å². The van der Waals surface area contributed by atoms with Gasteiger partial charge in [-0.3, -0.25) is 24.1 Å². The fraction of sp³-hybridized carbons (Fsp3) is 0.240. The smallest absolute Gasteiger partial charge is 0.347 e. The Kier molecular flexibility index (Phi) is 23.2. The number of anilines is 2. The minimum absolute atomic E-state index is 0.00858. The summed E-state index contributed by atoms with van der Waals surface area (Å²) in [4.78, 5) is 113. The van der Waals surface area contributed by atoms with E-state index in [1.165, 1.54) is 6.33 Å². The van der Waals surface area contributed by atoms with E-state index in [-0.39, 0.29) is 88.9 Å². The quantitative estimate of drug-likeness (QED) is 0.0245. The summed E-state index contributed by atoms with van der Waals surface area (Å²) in [5.74, 6) is -4.66. The summed E-state index contributed by atoms with van der Waals surface area (Å²) in [5.41, 5.74) is 3.37. The lowest BCUT2D eigenvalue weighted by molar-refractivity contribution is -0.147. The minimum Gasteiger partial charge on any atom is -0.506 e. The van der Waals surface area contributed by atoms with Crippen molar-refractivity contribution in [1.29, 1.82) is 0 Å². The van der Waals surface area contributed by atoms with Crippen molar-refractivity contribution >= 4 is 87.3 Å². The topological polar surface area (TPSA) is 285 Å². The number of aromatic hydroxyl groups is 1. The van der Waals surface area contributed by atoms with Crippen molar-refractivity contribution in [3.63, 3.8) is 0 Å². The highest BCUT2D eigenvalue weighted by Crippen LogP contribution is 2.31. The van der Waals surface area contributed by atoms with E-state index in [1.807, 2.05) is 66.7 Å². The molecule has 0 saturated carbocycles. The zero-order valence-electron chi connectivity index (χ0n) is 41.0. The van der Waals surface area contributed by atoms with Gasteiger partial charge in [0.25, 0.3) is 5.91 Å². The summed E-state index contributed by atoms with van der Waals surface area (Å²) in [7, 11) is 0. The zero-order chi connectivity index (χ0) is 55.0. The third-order valence-electron chi connectivity index (χ3n) is 9.54. The lowest BCUT2D eigenvalue weighted by atomic mass is 10.2. The van der Waals surface area contributed by atoms with Gasteiger partial charge in [0.15, 0.2) is 22.8 Å². The predicted octanol–water partition coefficient (Wildman–Crippen LogP) is 7.53. The summed E-state index contributed by atoms with van der Waals surface area (Å²) < 4.78 is 20.3. The molecule has 0 aliphatic carbocycles. The molecule has 0 bridgehead atoms. The molecule has 76 heavy (non-hydrogen) atoms. The molecule has 398 valence electrons. The molecular weight excluding hydrogens is 1060 g/mol. The molecule has 0 fully saturated rings. The van der Waals surface area contributed by atoms with E-state index in [2.05, 4.69) is 35.4 Å². The predicted molar refractivity (Wildman–Crippen MR) is 274 cm³/mol. The Labute approximate surface area is 448 Å². The summed E-state index contributed by atoms with van der Waals surface area (Å²) in [6, 6.07) is 27.7. The number of nitrogens with one attached hydrogen (secondary N) is 1. The van der Waals surface area contributed by atoms with Crippen molar-refractivity contribution < 1.29 is 62.5 Å². The first-order valence-electron chi connectivity index (χ1n) is 22.8. The summed E-state index contributed by atoms with van der Waals surface area (Å²) >= 11 is 18.0. The van der Waals surface area contributed by atoms with E-state index in [9.17, 15) is 33.9 Å². The number of nitrogens with zero attached hydrogens (tertiary/aromatic N) is 8. The van der Waals surface area contributed by atoms with Crippen LogP contribution in [0.4, 0.5) is 11.6 Å². The maximum absolute atomic E-state index is 12.7. The number of esters is 4.